The standard InChI is InChI=1S/C13H14FNO2/c1-8-4-5-11(6-12(8)14)16-7-13-15-9(2)10(3)17-13/h4-6H,7H2,1-3H3. The number of benzene rings is 1. The molecule has 0 saturated carbocycles. The molecule has 0 atom stereocenters. The maximum Gasteiger partial charge on any atom is 0.232 e. The smallest absolute Gasteiger partial charge is 0.232 e. The highest BCUT2D eigenvalue weighted by molar-refractivity contribution is 5.28. The second kappa shape index (κ2) is 4.57. The SMILES string of the molecule is Cc1ccc(OCc2nc(C)c(C)o2)cc1F. The molecule has 0 aliphatic rings. The topological polar surface area (TPSA) is 35.3 Å². The van der Waals surface area contributed by atoms with Crippen molar-refractivity contribution in [2.24, 2.45) is 0 Å². The highest BCUT2D eigenvalue weighted by Gasteiger charge is 2.07. The van der Waals surface area contributed by atoms with E-state index in [2.05, 4.69) is 4.98 Å². The number of halogens is 1. The summed E-state index contributed by atoms with van der Waals surface area (Å²) in [6, 6.07) is 4.76. The van der Waals surface area contributed by atoms with Gasteiger partial charge in [0, 0.05) is 6.07 Å². The predicted molar refractivity (Wildman–Crippen MR) is 61.4 cm³/mol. The van der Waals surface area contributed by atoms with Crippen molar-refractivity contribution in [3.63, 3.8) is 0 Å². The molecule has 0 fully saturated rings. The zero-order valence-corrected chi connectivity index (χ0v) is 10.1. The fraction of sp³-hybridized carbons (Fsp3) is 0.308. The van der Waals surface area contributed by atoms with E-state index in [1.54, 1.807) is 19.1 Å². The third-order valence-corrected chi connectivity index (χ3v) is 2.58. The average Bonchev–Trinajstić information content (AvgIpc) is 2.60. The van der Waals surface area contributed by atoms with Gasteiger partial charge in [-0.15, -0.1) is 0 Å². The molecule has 0 bridgehead atoms. The van der Waals surface area contributed by atoms with Crippen LogP contribution in [0.15, 0.2) is 22.6 Å². The van der Waals surface area contributed by atoms with E-state index in [-0.39, 0.29) is 12.4 Å². The second-order valence-corrected chi connectivity index (χ2v) is 3.95. The maximum atomic E-state index is 13.3. The number of hydrogen-bond acceptors (Lipinski definition) is 3. The molecule has 1 heterocycles. The molecule has 17 heavy (non-hydrogen) atoms. The first-order chi connectivity index (χ1) is 8.06. The fourth-order valence-corrected chi connectivity index (χ4v) is 1.41. The van der Waals surface area contributed by atoms with Gasteiger partial charge in [0.15, 0.2) is 6.61 Å². The highest BCUT2D eigenvalue weighted by Crippen LogP contribution is 2.17. The lowest BCUT2D eigenvalue weighted by Gasteiger charge is -2.04. The van der Waals surface area contributed by atoms with E-state index in [9.17, 15) is 4.39 Å². The van der Waals surface area contributed by atoms with E-state index in [1.807, 2.05) is 13.8 Å². The molecule has 2 rings (SSSR count). The van der Waals surface area contributed by atoms with Crippen molar-refractivity contribution in [1.82, 2.24) is 4.98 Å². The lowest BCUT2D eigenvalue weighted by atomic mass is 10.2. The monoisotopic (exact) mass is 235 g/mol. The van der Waals surface area contributed by atoms with Crippen molar-refractivity contribution in [3.8, 4) is 5.75 Å². The van der Waals surface area contributed by atoms with Gasteiger partial charge in [-0.05, 0) is 32.4 Å². The first-order valence-electron chi connectivity index (χ1n) is 5.38. The zero-order valence-electron chi connectivity index (χ0n) is 10.1. The van der Waals surface area contributed by atoms with Gasteiger partial charge in [0.05, 0.1) is 5.69 Å². The van der Waals surface area contributed by atoms with Gasteiger partial charge in [-0.2, -0.15) is 0 Å². The third kappa shape index (κ3) is 2.64. The summed E-state index contributed by atoms with van der Waals surface area (Å²) in [6.07, 6.45) is 0. The Morgan fingerprint density at radius 1 is 1.29 bits per heavy atom. The zero-order chi connectivity index (χ0) is 12.4. The van der Waals surface area contributed by atoms with Crippen molar-refractivity contribution < 1.29 is 13.5 Å². The van der Waals surface area contributed by atoms with E-state index in [4.69, 9.17) is 9.15 Å². The molecule has 3 nitrogen and oxygen atoms in total. The van der Waals surface area contributed by atoms with Crippen molar-refractivity contribution in [2.75, 3.05) is 0 Å². The van der Waals surface area contributed by atoms with Gasteiger partial charge < -0.3 is 9.15 Å². The van der Waals surface area contributed by atoms with Crippen LogP contribution in [-0.2, 0) is 6.61 Å². The largest absolute Gasteiger partial charge is 0.484 e. The molecule has 0 amide bonds. The summed E-state index contributed by atoms with van der Waals surface area (Å²) in [5, 5.41) is 0. The summed E-state index contributed by atoms with van der Waals surface area (Å²) in [4.78, 5) is 4.18. The molecule has 1 aromatic carbocycles. The Labute approximate surface area is 99.2 Å². The Morgan fingerprint density at radius 2 is 2.06 bits per heavy atom. The number of aryl methyl sites for hydroxylation is 3. The molecule has 0 saturated heterocycles. The number of oxazole rings is 1. The number of aromatic nitrogens is 1. The summed E-state index contributed by atoms with van der Waals surface area (Å²) in [5.41, 5.74) is 1.44. The van der Waals surface area contributed by atoms with Gasteiger partial charge in [-0.25, -0.2) is 9.37 Å². The average molecular weight is 235 g/mol. The number of nitrogens with zero attached hydrogens (tertiary/aromatic N) is 1. The van der Waals surface area contributed by atoms with Gasteiger partial charge in [0.1, 0.15) is 17.3 Å². The molecule has 0 N–H and O–H groups in total. The number of ether oxygens (including phenoxy) is 1. The fourth-order valence-electron chi connectivity index (χ4n) is 1.41. The summed E-state index contributed by atoms with van der Waals surface area (Å²) in [6.45, 7) is 5.63. The molecule has 4 heteroatoms. The molecule has 0 spiro atoms. The van der Waals surface area contributed by atoms with E-state index in [0.717, 1.165) is 11.5 Å². The quantitative estimate of drug-likeness (QED) is 0.818. The molecule has 0 radical (unpaired) electrons. The predicted octanol–water partition coefficient (Wildman–Crippen LogP) is 3.32. The van der Waals surface area contributed by atoms with Crippen LogP contribution in [0.25, 0.3) is 0 Å². The normalized spacial score (nSPS) is 10.6. The Bertz CT molecular complexity index is 515. The van der Waals surface area contributed by atoms with Crippen LogP contribution in [0.4, 0.5) is 4.39 Å². The molecule has 0 aliphatic carbocycles. The van der Waals surface area contributed by atoms with Gasteiger partial charge in [0.25, 0.3) is 0 Å². The minimum absolute atomic E-state index is 0.206. The Balaban J connectivity index is 2.04. The molecule has 1 aromatic heterocycles. The Morgan fingerprint density at radius 3 is 2.65 bits per heavy atom. The molecular weight excluding hydrogens is 221 g/mol. The molecule has 90 valence electrons. The summed E-state index contributed by atoms with van der Waals surface area (Å²) in [7, 11) is 0. The molecule has 0 aliphatic heterocycles. The van der Waals surface area contributed by atoms with Gasteiger partial charge in [0.2, 0.25) is 5.89 Å². The minimum Gasteiger partial charge on any atom is -0.484 e. The van der Waals surface area contributed by atoms with Crippen LogP contribution in [0.5, 0.6) is 5.75 Å². The molecular formula is C13H14FNO2. The Kier molecular flexibility index (Phi) is 3.13. The van der Waals surface area contributed by atoms with Gasteiger partial charge in [-0.3, -0.25) is 0 Å². The van der Waals surface area contributed by atoms with E-state index in [0.29, 0.717) is 17.2 Å². The molecule has 2 aromatic rings. The van der Waals surface area contributed by atoms with Crippen LogP contribution >= 0.6 is 0 Å². The van der Waals surface area contributed by atoms with Crippen LogP contribution in [0.2, 0.25) is 0 Å². The van der Waals surface area contributed by atoms with Crippen LogP contribution in [0.1, 0.15) is 22.9 Å². The lowest BCUT2D eigenvalue weighted by Crippen LogP contribution is -1.96. The minimum atomic E-state index is -0.276. The lowest BCUT2D eigenvalue weighted by molar-refractivity contribution is 0.259. The second-order valence-electron chi connectivity index (χ2n) is 3.95. The van der Waals surface area contributed by atoms with Crippen molar-refractivity contribution in [1.29, 1.82) is 0 Å². The van der Waals surface area contributed by atoms with Crippen LogP contribution < -0.4 is 4.74 Å². The van der Waals surface area contributed by atoms with Crippen molar-refractivity contribution >= 4 is 0 Å². The van der Waals surface area contributed by atoms with E-state index < -0.39 is 0 Å². The summed E-state index contributed by atoms with van der Waals surface area (Å²) in [5.74, 6) is 1.48. The molecule has 0 unspecified atom stereocenters. The van der Waals surface area contributed by atoms with Crippen LogP contribution in [0, 0.1) is 26.6 Å². The van der Waals surface area contributed by atoms with Crippen molar-refractivity contribution in [2.45, 2.75) is 27.4 Å². The Hall–Kier alpha value is -1.84. The van der Waals surface area contributed by atoms with Gasteiger partial charge >= 0.3 is 0 Å². The van der Waals surface area contributed by atoms with Crippen LogP contribution in [0.3, 0.4) is 0 Å². The summed E-state index contributed by atoms with van der Waals surface area (Å²) >= 11 is 0. The van der Waals surface area contributed by atoms with Crippen LogP contribution in [-0.4, -0.2) is 4.98 Å². The van der Waals surface area contributed by atoms with E-state index >= 15 is 0 Å². The number of rotatable bonds is 3. The summed E-state index contributed by atoms with van der Waals surface area (Å²) < 4.78 is 24.0. The number of hydrogen-bond donors (Lipinski definition) is 0. The van der Waals surface area contributed by atoms with E-state index in [1.165, 1.54) is 6.07 Å². The van der Waals surface area contributed by atoms with Crippen molar-refractivity contribution in [3.05, 3.63) is 46.9 Å². The third-order valence-electron chi connectivity index (χ3n) is 2.58. The maximum absolute atomic E-state index is 13.3. The van der Waals surface area contributed by atoms with Gasteiger partial charge in [-0.1, -0.05) is 6.07 Å². The highest BCUT2D eigenvalue weighted by atomic mass is 19.1. The first-order valence-corrected chi connectivity index (χ1v) is 5.38. The first kappa shape index (κ1) is 11.6.